The maximum Gasteiger partial charge on any atom is 0.335 e. The molecule has 0 atom stereocenters. The molecule has 0 spiro atoms. The third-order valence-electron chi connectivity index (χ3n) is 0.993. The number of esters is 1. The maximum atomic E-state index is 10.7. The summed E-state index contributed by atoms with van der Waals surface area (Å²) >= 11 is 0. The molecule has 0 rings (SSSR count). The summed E-state index contributed by atoms with van der Waals surface area (Å²) < 4.78 is 14.2. The third-order valence-corrected chi connectivity index (χ3v) is 0.993. The lowest BCUT2D eigenvalue weighted by atomic mass is 10.4. The molecule has 0 radical (unpaired) electrons. The summed E-state index contributed by atoms with van der Waals surface area (Å²) in [5.41, 5.74) is 0.356. The van der Waals surface area contributed by atoms with E-state index in [1.54, 1.807) is 6.92 Å². The summed E-state index contributed by atoms with van der Waals surface area (Å²) in [4.78, 5) is 10.7. The van der Waals surface area contributed by atoms with E-state index in [0.717, 1.165) is 0 Å². The summed E-state index contributed by atoms with van der Waals surface area (Å²) in [6, 6.07) is 0. The standard InChI is InChI=1S/C8H14O4/c1-4-10-5-11-6-12-8(9)7(2)3/h2,4-6H2,1,3H3. The van der Waals surface area contributed by atoms with Crippen molar-refractivity contribution < 1.29 is 19.0 Å². The first-order valence-corrected chi connectivity index (χ1v) is 3.66. The van der Waals surface area contributed by atoms with E-state index in [1.807, 2.05) is 6.92 Å². The fourth-order valence-electron chi connectivity index (χ4n) is 0.395. The van der Waals surface area contributed by atoms with E-state index in [9.17, 15) is 4.79 Å². The minimum atomic E-state index is -0.452. The molecule has 0 heterocycles. The summed E-state index contributed by atoms with van der Waals surface area (Å²) in [5, 5.41) is 0. The smallest absolute Gasteiger partial charge is 0.335 e. The Hall–Kier alpha value is -0.870. The fourth-order valence-corrected chi connectivity index (χ4v) is 0.395. The lowest BCUT2D eigenvalue weighted by molar-refractivity contribution is -0.163. The zero-order valence-electron chi connectivity index (χ0n) is 7.46. The van der Waals surface area contributed by atoms with Crippen LogP contribution in [0.5, 0.6) is 0 Å². The van der Waals surface area contributed by atoms with Crippen LogP contribution in [0, 0.1) is 0 Å². The summed E-state index contributed by atoms with van der Waals surface area (Å²) in [6.07, 6.45) is 0. The van der Waals surface area contributed by atoms with Crippen molar-refractivity contribution >= 4 is 5.97 Å². The summed E-state index contributed by atoms with van der Waals surface area (Å²) in [7, 11) is 0. The van der Waals surface area contributed by atoms with Crippen LogP contribution in [0.15, 0.2) is 12.2 Å². The van der Waals surface area contributed by atoms with Crippen LogP contribution in [0.4, 0.5) is 0 Å². The van der Waals surface area contributed by atoms with E-state index < -0.39 is 5.97 Å². The minimum Gasteiger partial charge on any atom is -0.435 e. The van der Waals surface area contributed by atoms with Gasteiger partial charge in [-0.15, -0.1) is 0 Å². The van der Waals surface area contributed by atoms with Crippen molar-refractivity contribution in [1.82, 2.24) is 0 Å². The average molecular weight is 174 g/mol. The maximum absolute atomic E-state index is 10.7. The second-order valence-corrected chi connectivity index (χ2v) is 2.14. The van der Waals surface area contributed by atoms with Gasteiger partial charge in [-0.25, -0.2) is 4.79 Å². The molecule has 4 heteroatoms. The molecule has 0 saturated heterocycles. The molecule has 0 aliphatic heterocycles. The molecule has 0 aliphatic rings. The Balaban J connectivity index is 3.20. The number of carbonyl (C=O) groups is 1. The molecule has 0 bridgehead atoms. The Morgan fingerprint density at radius 1 is 1.33 bits per heavy atom. The Labute approximate surface area is 72.1 Å². The van der Waals surface area contributed by atoms with Crippen molar-refractivity contribution in [3.05, 3.63) is 12.2 Å². The SMILES string of the molecule is C=C(C)C(=O)OCOCOCC. The normalized spacial score (nSPS) is 9.50. The second kappa shape index (κ2) is 6.82. The predicted molar refractivity (Wildman–Crippen MR) is 43.4 cm³/mol. The molecule has 0 aliphatic carbocycles. The van der Waals surface area contributed by atoms with Gasteiger partial charge >= 0.3 is 5.97 Å². The molecule has 4 nitrogen and oxygen atoms in total. The molecular weight excluding hydrogens is 160 g/mol. The highest BCUT2D eigenvalue weighted by Gasteiger charge is 2.01. The van der Waals surface area contributed by atoms with E-state index >= 15 is 0 Å². The summed E-state index contributed by atoms with van der Waals surface area (Å²) in [6.45, 7) is 7.46. The summed E-state index contributed by atoms with van der Waals surface area (Å²) in [5.74, 6) is -0.452. The van der Waals surface area contributed by atoms with Crippen molar-refractivity contribution in [2.45, 2.75) is 13.8 Å². The first-order valence-electron chi connectivity index (χ1n) is 3.66. The van der Waals surface area contributed by atoms with Crippen molar-refractivity contribution in [1.29, 1.82) is 0 Å². The Morgan fingerprint density at radius 3 is 2.50 bits per heavy atom. The first kappa shape index (κ1) is 11.1. The molecule has 0 amide bonds. The molecule has 0 aromatic rings. The highest BCUT2D eigenvalue weighted by Crippen LogP contribution is 1.91. The number of hydrogen-bond acceptors (Lipinski definition) is 4. The van der Waals surface area contributed by atoms with Crippen molar-refractivity contribution in [2.24, 2.45) is 0 Å². The molecular formula is C8H14O4. The predicted octanol–water partition coefficient (Wildman–Crippen LogP) is 1.07. The number of ether oxygens (including phenoxy) is 3. The quantitative estimate of drug-likeness (QED) is 0.261. The van der Waals surface area contributed by atoms with Crippen LogP contribution < -0.4 is 0 Å². The molecule has 0 N–H and O–H groups in total. The van der Waals surface area contributed by atoms with Crippen LogP contribution in [0.2, 0.25) is 0 Å². The lowest BCUT2D eigenvalue weighted by Crippen LogP contribution is -2.10. The van der Waals surface area contributed by atoms with Crippen molar-refractivity contribution in [2.75, 3.05) is 20.2 Å². The van der Waals surface area contributed by atoms with Crippen LogP contribution in [-0.4, -0.2) is 26.2 Å². The number of rotatable bonds is 6. The van der Waals surface area contributed by atoms with E-state index in [0.29, 0.717) is 12.2 Å². The van der Waals surface area contributed by atoms with Gasteiger partial charge in [-0.1, -0.05) is 6.58 Å². The van der Waals surface area contributed by atoms with E-state index in [1.165, 1.54) is 0 Å². The van der Waals surface area contributed by atoms with E-state index in [-0.39, 0.29) is 13.6 Å². The molecule has 0 aromatic heterocycles. The highest BCUT2D eigenvalue weighted by atomic mass is 16.7. The van der Waals surface area contributed by atoms with Crippen LogP contribution in [0.3, 0.4) is 0 Å². The Kier molecular flexibility index (Phi) is 6.32. The zero-order chi connectivity index (χ0) is 9.40. The topological polar surface area (TPSA) is 44.8 Å². The van der Waals surface area contributed by atoms with Crippen LogP contribution in [-0.2, 0) is 19.0 Å². The van der Waals surface area contributed by atoms with E-state index in [4.69, 9.17) is 9.47 Å². The third kappa shape index (κ3) is 5.88. The second-order valence-electron chi connectivity index (χ2n) is 2.14. The van der Waals surface area contributed by atoms with Crippen molar-refractivity contribution in [3.63, 3.8) is 0 Å². The van der Waals surface area contributed by atoms with Gasteiger partial charge in [-0.2, -0.15) is 0 Å². The van der Waals surface area contributed by atoms with Crippen LogP contribution in [0.25, 0.3) is 0 Å². The van der Waals surface area contributed by atoms with Crippen LogP contribution in [0.1, 0.15) is 13.8 Å². The fraction of sp³-hybridized carbons (Fsp3) is 0.625. The minimum absolute atomic E-state index is 0.0916. The largest absolute Gasteiger partial charge is 0.435 e. The van der Waals surface area contributed by atoms with Gasteiger partial charge in [0.1, 0.15) is 0 Å². The van der Waals surface area contributed by atoms with Gasteiger partial charge in [0.2, 0.25) is 0 Å². The van der Waals surface area contributed by atoms with Gasteiger partial charge < -0.3 is 14.2 Å². The van der Waals surface area contributed by atoms with Gasteiger partial charge in [0, 0.05) is 12.2 Å². The van der Waals surface area contributed by atoms with Gasteiger partial charge in [0.05, 0.1) is 0 Å². The highest BCUT2D eigenvalue weighted by molar-refractivity contribution is 5.86. The Morgan fingerprint density at radius 2 is 2.00 bits per heavy atom. The van der Waals surface area contributed by atoms with Gasteiger partial charge in [0.25, 0.3) is 0 Å². The van der Waals surface area contributed by atoms with Crippen molar-refractivity contribution in [3.8, 4) is 0 Å². The molecule has 0 saturated carbocycles. The average Bonchev–Trinajstić information content (AvgIpc) is 2.03. The Bertz CT molecular complexity index is 153. The van der Waals surface area contributed by atoms with Crippen LogP contribution >= 0.6 is 0 Å². The lowest BCUT2D eigenvalue weighted by Gasteiger charge is -2.04. The molecule has 12 heavy (non-hydrogen) atoms. The molecule has 0 aromatic carbocycles. The monoisotopic (exact) mass is 174 g/mol. The molecule has 70 valence electrons. The number of carbonyl (C=O) groups excluding carboxylic acids is 1. The zero-order valence-corrected chi connectivity index (χ0v) is 7.46. The van der Waals surface area contributed by atoms with Gasteiger partial charge in [0.15, 0.2) is 13.6 Å². The molecule has 0 fully saturated rings. The molecule has 0 unspecified atom stereocenters. The van der Waals surface area contributed by atoms with E-state index in [2.05, 4.69) is 11.3 Å². The number of hydrogen-bond donors (Lipinski definition) is 0. The van der Waals surface area contributed by atoms with Gasteiger partial charge in [-0.3, -0.25) is 0 Å². The van der Waals surface area contributed by atoms with Gasteiger partial charge in [-0.05, 0) is 13.8 Å². The first-order chi connectivity index (χ1) is 5.68.